The molecule has 0 unspecified atom stereocenters. The van der Waals surface area contributed by atoms with E-state index in [9.17, 15) is 4.79 Å². The molecule has 2 aromatic heterocycles. The fourth-order valence-electron chi connectivity index (χ4n) is 3.13. The number of pyridine rings is 1. The van der Waals surface area contributed by atoms with Gasteiger partial charge in [-0.3, -0.25) is 9.88 Å². The lowest BCUT2D eigenvalue weighted by atomic mass is 9.91. The van der Waals surface area contributed by atoms with E-state index in [1.165, 1.54) is 0 Å². The van der Waals surface area contributed by atoms with E-state index in [4.69, 9.17) is 4.74 Å². The van der Waals surface area contributed by atoms with Crippen molar-refractivity contribution in [3.8, 4) is 0 Å². The number of anilines is 2. The van der Waals surface area contributed by atoms with Crippen LogP contribution in [0.3, 0.4) is 0 Å². The van der Waals surface area contributed by atoms with Gasteiger partial charge in [0.2, 0.25) is 5.95 Å². The van der Waals surface area contributed by atoms with Gasteiger partial charge in [-0.15, -0.1) is 0 Å². The molecule has 1 fully saturated rings. The molecule has 3 rings (SSSR count). The van der Waals surface area contributed by atoms with Crippen LogP contribution >= 0.6 is 0 Å². The molecule has 0 spiro atoms. The highest BCUT2D eigenvalue weighted by Gasteiger charge is 2.37. The standard InChI is InChI=1S/C21H29N5O2/c1-13(2)16-12-28-20(27)26(16)18-9-10-22-19(25-18)24-14(3)15-7-8-17(23-11-15)21(4,5)6/h7-11,13-14,16H,12H2,1-6H3,(H,22,24,25)/t14-,16+/m0/s1. The van der Waals surface area contributed by atoms with Crippen molar-refractivity contribution in [1.29, 1.82) is 0 Å². The summed E-state index contributed by atoms with van der Waals surface area (Å²) >= 11 is 0. The summed E-state index contributed by atoms with van der Waals surface area (Å²) in [7, 11) is 0. The number of hydrogen-bond acceptors (Lipinski definition) is 6. The Morgan fingerprint density at radius 2 is 1.93 bits per heavy atom. The molecule has 0 aromatic carbocycles. The number of carbonyl (C=O) groups excluding carboxylic acids is 1. The van der Waals surface area contributed by atoms with E-state index in [0.29, 0.717) is 18.4 Å². The maximum absolute atomic E-state index is 12.2. The molecule has 0 bridgehead atoms. The van der Waals surface area contributed by atoms with E-state index in [2.05, 4.69) is 67.0 Å². The molecular formula is C21H29N5O2. The maximum atomic E-state index is 12.2. The van der Waals surface area contributed by atoms with Crippen LogP contribution in [0.15, 0.2) is 30.6 Å². The third-order valence-electron chi connectivity index (χ3n) is 4.96. The van der Waals surface area contributed by atoms with Gasteiger partial charge < -0.3 is 10.1 Å². The third kappa shape index (κ3) is 4.24. The molecule has 150 valence electrons. The van der Waals surface area contributed by atoms with E-state index in [1.807, 2.05) is 13.1 Å². The summed E-state index contributed by atoms with van der Waals surface area (Å²) in [6.45, 7) is 13.0. The quantitative estimate of drug-likeness (QED) is 0.828. The Morgan fingerprint density at radius 1 is 1.18 bits per heavy atom. The Bertz CT molecular complexity index is 829. The Kier molecular flexibility index (Phi) is 5.54. The molecule has 0 radical (unpaired) electrons. The zero-order valence-corrected chi connectivity index (χ0v) is 17.4. The van der Waals surface area contributed by atoms with Crippen LogP contribution in [0.1, 0.15) is 58.8 Å². The van der Waals surface area contributed by atoms with Gasteiger partial charge in [0.1, 0.15) is 12.4 Å². The zero-order chi connectivity index (χ0) is 20.5. The Balaban J connectivity index is 1.76. The number of aromatic nitrogens is 3. The molecule has 1 amide bonds. The van der Waals surface area contributed by atoms with Crippen molar-refractivity contribution in [2.45, 2.75) is 59.0 Å². The molecule has 7 heteroatoms. The highest BCUT2D eigenvalue weighted by molar-refractivity contribution is 5.89. The summed E-state index contributed by atoms with van der Waals surface area (Å²) in [5.41, 5.74) is 2.11. The number of ether oxygens (including phenoxy) is 1. The first-order valence-electron chi connectivity index (χ1n) is 9.69. The predicted octanol–water partition coefficient (Wildman–Crippen LogP) is 4.32. The topological polar surface area (TPSA) is 80.2 Å². The minimum Gasteiger partial charge on any atom is -0.447 e. The number of nitrogens with one attached hydrogen (secondary N) is 1. The average Bonchev–Trinajstić information content (AvgIpc) is 3.03. The van der Waals surface area contributed by atoms with Crippen LogP contribution in [0.25, 0.3) is 0 Å². The highest BCUT2D eigenvalue weighted by atomic mass is 16.6. The summed E-state index contributed by atoms with van der Waals surface area (Å²) in [4.78, 5) is 27.2. The lowest BCUT2D eigenvalue weighted by Gasteiger charge is -2.24. The van der Waals surface area contributed by atoms with Gasteiger partial charge in [-0.2, -0.15) is 4.98 Å². The van der Waals surface area contributed by atoms with Crippen molar-refractivity contribution in [2.75, 3.05) is 16.8 Å². The highest BCUT2D eigenvalue weighted by Crippen LogP contribution is 2.27. The first kappa shape index (κ1) is 20.0. The van der Waals surface area contributed by atoms with Gasteiger partial charge >= 0.3 is 6.09 Å². The largest absolute Gasteiger partial charge is 0.447 e. The van der Waals surface area contributed by atoms with E-state index >= 15 is 0 Å². The fourth-order valence-corrected chi connectivity index (χ4v) is 3.13. The van der Waals surface area contributed by atoms with Crippen LogP contribution in [0, 0.1) is 5.92 Å². The van der Waals surface area contributed by atoms with E-state index < -0.39 is 0 Å². The van der Waals surface area contributed by atoms with E-state index in [1.54, 1.807) is 17.2 Å². The van der Waals surface area contributed by atoms with Crippen LogP contribution in [-0.2, 0) is 10.2 Å². The van der Waals surface area contributed by atoms with Gasteiger partial charge in [0.25, 0.3) is 0 Å². The summed E-state index contributed by atoms with van der Waals surface area (Å²) in [6.07, 6.45) is 3.18. The Labute approximate surface area is 166 Å². The third-order valence-corrected chi connectivity index (χ3v) is 4.96. The van der Waals surface area contributed by atoms with Gasteiger partial charge in [0.15, 0.2) is 0 Å². The summed E-state index contributed by atoms with van der Waals surface area (Å²) in [6, 6.07) is 5.81. The number of carbonyl (C=O) groups is 1. The van der Waals surface area contributed by atoms with Crippen molar-refractivity contribution < 1.29 is 9.53 Å². The van der Waals surface area contributed by atoms with E-state index in [0.717, 1.165) is 11.3 Å². The number of cyclic esters (lactones) is 1. The Morgan fingerprint density at radius 3 is 2.54 bits per heavy atom. The molecule has 1 aliphatic rings. The van der Waals surface area contributed by atoms with Crippen molar-refractivity contribution in [1.82, 2.24) is 15.0 Å². The van der Waals surface area contributed by atoms with E-state index in [-0.39, 0.29) is 29.5 Å². The van der Waals surface area contributed by atoms with Crippen LogP contribution < -0.4 is 10.2 Å². The smallest absolute Gasteiger partial charge is 0.415 e. The zero-order valence-electron chi connectivity index (χ0n) is 17.4. The molecule has 1 saturated heterocycles. The van der Waals surface area contributed by atoms with Crippen LogP contribution in [0.5, 0.6) is 0 Å². The second kappa shape index (κ2) is 7.73. The van der Waals surface area contributed by atoms with Crippen molar-refractivity contribution in [2.24, 2.45) is 5.92 Å². The lowest BCUT2D eigenvalue weighted by Crippen LogP contribution is -2.37. The molecule has 7 nitrogen and oxygen atoms in total. The monoisotopic (exact) mass is 383 g/mol. The van der Waals surface area contributed by atoms with Crippen molar-refractivity contribution >= 4 is 17.9 Å². The normalized spacial score (nSPS) is 18.3. The van der Waals surface area contributed by atoms with Gasteiger partial charge in [-0.05, 0) is 30.5 Å². The average molecular weight is 383 g/mol. The maximum Gasteiger partial charge on any atom is 0.415 e. The molecule has 28 heavy (non-hydrogen) atoms. The summed E-state index contributed by atoms with van der Waals surface area (Å²) in [5.74, 6) is 1.28. The molecule has 2 atom stereocenters. The minimum absolute atomic E-state index is 0.0178. The fraction of sp³-hybridized carbons (Fsp3) is 0.524. The van der Waals surface area contributed by atoms with Crippen LogP contribution in [0.4, 0.5) is 16.6 Å². The van der Waals surface area contributed by atoms with Gasteiger partial charge in [-0.25, -0.2) is 9.78 Å². The van der Waals surface area contributed by atoms with Crippen molar-refractivity contribution in [3.05, 3.63) is 41.9 Å². The number of nitrogens with zero attached hydrogens (tertiary/aromatic N) is 4. The lowest BCUT2D eigenvalue weighted by molar-refractivity contribution is 0.177. The summed E-state index contributed by atoms with van der Waals surface area (Å²) < 4.78 is 5.22. The molecule has 0 saturated carbocycles. The second-order valence-corrected chi connectivity index (χ2v) is 8.59. The molecule has 3 heterocycles. The number of amides is 1. The molecular weight excluding hydrogens is 354 g/mol. The molecule has 1 aliphatic heterocycles. The number of rotatable bonds is 5. The van der Waals surface area contributed by atoms with Gasteiger partial charge in [0, 0.05) is 23.5 Å². The minimum atomic E-state index is -0.363. The number of hydrogen-bond donors (Lipinski definition) is 1. The first-order chi connectivity index (χ1) is 13.2. The summed E-state index contributed by atoms with van der Waals surface area (Å²) in [5, 5.41) is 3.30. The molecule has 0 aliphatic carbocycles. The van der Waals surface area contributed by atoms with Crippen LogP contribution in [0.2, 0.25) is 0 Å². The van der Waals surface area contributed by atoms with Gasteiger partial charge in [-0.1, -0.05) is 40.7 Å². The molecule has 1 N–H and O–H groups in total. The molecule has 2 aromatic rings. The first-order valence-corrected chi connectivity index (χ1v) is 9.69. The van der Waals surface area contributed by atoms with Crippen molar-refractivity contribution in [3.63, 3.8) is 0 Å². The van der Waals surface area contributed by atoms with Crippen LogP contribution in [-0.4, -0.2) is 33.7 Å². The Hall–Kier alpha value is -2.70. The predicted molar refractivity (Wildman–Crippen MR) is 109 cm³/mol. The second-order valence-electron chi connectivity index (χ2n) is 8.59. The SMILES string of the molecule is CC(C)[C@H]1COC(=O)N1c1ccnc(N[C@@H](C)c2ccc(C(C)(C)C)nc2)n1. The van der Waals surface area contributed by atoms with Gasteiger partial charge in [0.05, 0.1) is 12.1 Å².